The molecule has 0 saturated carbocycles. The van der Waals surface area contributed by atoms with Gasteiger partial charge >= 0.3 is 0 Å². The Balaban J connectivity index is 1.59. The molecule has 0 aliphatic carbocycles. The molecule has 1 N–H and O–H groups in total. The van der Waals surface area contributed by atoms with Crippen LogP contribution in [0.3, 0.4) is 0 Å². The molecule has 18 heavy (non-hydrogen) atoms. The number of para-hydroxylation sites is 1. The molecule has 0 radical (unpaired) electrons. The van der Waals surface area contributed by atoms with Gasteiger partial charge in [-0.25, -0.2) is 0 Å². The molecule has 1 aromatic carbocycles. The van der Waals surface area contributed by atoms with Crippen molar-refractivity contribution in [2.75, 3.05) is 6.61 Å². The Hall–Kier alpha value is -1.74. The van der Waals surface area contributed by atoms with E-state index in [0.29, 0.717) is 6.04 Å². The van der Waals surface area contributed by atoms with Crippen LogP contribution in [0.1, 0.15) is 17.1 Å². The molecule has 1 aromatic heterocycles. The maximum atomic E-state index is 5.74. The molecule has 3 rings (SSSR count). The predicted molar refractivity (Wildman–Crippen MR) is 69.7 cm³/mol. The number of aryl methyl sites for hydroxylation is 1. The maximum Gasteiger partial charge on any atom is 0.122 e. The molecule has 0 fully saturated rings. The van der Waals surface area contributed by atoms with Gasteiger partial charge in [-0.3, -0.25) is 0 Å². The van der Waals surface area contributed by atoms with Crippen LogP contribution in [0.15, 0.2) is 40.8 Å². The quantitative estimate of drug-likeness (QED) is 0.900. The van der Waals surface area contributed by atoms with Gasteiger partial charge in [0.25, 0.3) is 0 Å². The summed E-state index contributed by atoms with van der Waals surface area (Å²) in [7, 11) is 0. The van der Waals surface area contributed by atoms with Gasteiger partial charge in [-0.2, -0.15) is 0 Å². The van der Waals surface area contributed by atoms with Crippen molar-refractivity contribution in [1.29, 1.82) is 0 Å². The SMILES string of the molecule is Cc1ccc(CN[C@H]2COc3ccccc3C2)o1. The summed E-state index contributed by atoms with van der Waals surface area (Å²) in [6.45, 7) is 3.43. The molecule has 2 heterocycles. The number of ether oxygens (including phenoxy) is 1. The van der Waals surface area contributed by atoms with Gasteiger partial charge in [-0.05, 0) is 37.1 Å². The molecule has 2 aromatic rings. The van der Waals surface area contributed by atoms with Gasteiger partial charge in [-0.15, -0.1) is 0 Å². The van der Waals surface area contributed by atoms with Crippen LogP contribution >= 0.6 is 0 Å². The summed E-state index contributed by atoms with van der Waals surface area (Å²) >= 11 is 0. The molecular weight excluding hydrogens is 226 g/mol. The van der Waals surface area contributed by atoms with Gasteiger partial charge in [0.1, 0.15) is 23.9 Å². The lowest BCUT2D eigenvalue weighted by atomic mass is 10.0. The van der Waals surface area contributed by atoms with Crippen LogP contribution in [-0.4, -0.2) is 12.6 Å². The van der Waals surface area contributed by atoms with E-state index in [1.165, 1.54) is 5.56 Å². The number of benzene rings is 1. The second-order valence-corrected chi connectivity index (χ2v) is 4.71. The average Bonchev–Trinajstić information content (AvgIpc) is 2.82. The van der Waals surface area contributed by atoms with Crippen LogP contribution in [-0.2, 0) is 13.0 Å². The van der Waals surface area contributed by atoms with Crippen molar-refractivity contribution in [3.05, 3.63) is 53.5 Å². The fourth-order valence-corrected chi connectivity index (χ4v) is 2.28. The maximum absolute atomic E-state index is 5.74. The van der Waals surface area contributed by atoms with Crippen molar-refractivity contribution >= 4 is 0 Å². The highest BCUT2D eigenvalue weighted by atomic mass is 16.5. The Labute approximate surface area is 107 Å². The molecule has 1 aliphatic rings. The predicted octanol–water partition coefficient (Wildman–Crippen LogP) is 2.68. The first-order valence-corrected chi connectivity index (χ1v) is 6.30. The van der Waals surface area contributed by atoms with Crippen LogP contribution in [0, 0.1) is 6.92 Å². The number of hydrogen-bond acceptors (Lipinski definition) is 3. The lowest BCUT2D eigenvalue weighted by Crippen LogP contribution is -2.38. The first-order chi connectivity index (χ1) is 8.81. The van der Waals surface area contributed by atoms with Crippen molar-refractivity contribution in [2.24, 2.45) is 0 Å². The third kappa shape index (κ3) is 2.41. The Morgan fingerprint density at radius 2 is 2.11 bits per heavy atom. The monoisotopic (exact) mass is 243 g/mol. The highest BCUT2D eigenvalue weighted by Gasteiger charge is 2.18. The fourth-order valence-electron chi connectivity index (χ4n) is 2.28. The van der Waals surface area contributed by atoms with E-state index in [-0.39, 0.29) is 0 Å². The Bertz CT molecular complexity index is 533. The van der Waals surface area contributed by atoms with E-state index >= 15 is 0 Å². The summed E-state index contributed by atoms with van der Waals surface area (Å²) in [4.78, 5) is 0. The van der Waals surface area contributed by atoms with Crippen molar-refractivity contribution in [3.63, 3.8) is 0 Å². The Morgan fingerprint density at radius 3 is 2.94 bits per heavy atom. The Morgan fingerprint density at radius 1 is 1.22 bits per heavy atom. The zero-order valence-electron chi connectivity index (χ0n) is 10.5. The minimum atomic E-state index is 0.352. The minimum Gasteiger partial charge on any atom is -0.492 e. The van der Waals surface area contributed by atoms with E-state index in [1.807, 2.05) is 31.2 Å². The number of fused-ring (bicyclic) bond motifs is 1. The van der Waals surface area contributed by atoms with Crippen molar-refractivity contribution < 1.29 is 9.15 Å². The molecule has 0 bridgehead atoms. The summed E-state index contributed by atoms with van der Waals surface area (Å²) in [5.41, 5.74) is 1.27. The molecule has 0 unspecified atom stereocenters. The highest BCUT2D eigenvalue weighted by Crippen LogP contribution is 2.24. The first kappa shape index (κ1) is 11.4. The van der Waals surface area contributed by atoms with E-state index in [2.05, 4.69) is 17.4 Å². The van der Waals surface area contributed by atoms with Gasteiger partial charge in [0, 0.05) is 6.04 Å². The van der Waals surface area contributed by atoms with Crippen LogP contribution in [0.2, 0.25) is 0 Å². The standard InChI is InChI=1S/C15H17NO2/c1-11-6-7-14(18-11)9-16-13-8-12-4-2-3-5-15(12)17-10-13/h2-7,13,16H,8-10H2,1H3/t13-/m1/s1. The van der Waals surface area contributed by atoms with Crippen LogP contribution in [0.25, 0.3) is 0 Å². The zero-order chi connectivity index (χ0) is 12.4. The smallest absolute Gasteiger partial charge is 0.122 e. The molecule has 3 nitrogen and oxygen atoms in total. The van der Waals surface area contributed by atoms with Gasteiger partial charge in [-0.1, -0.05) is 18.2 Å². The molecule has 0 amide bonds. The van der Waals surface area contributed by atoms with Gasteiger partial charge in [0.05, 0.1) is 6.54 Å². The van der Waals surface area contributed by atoms with E-state index in [4.69, 9.17) is 9.15 Å². The summed E-state index contributed by atoms with van der Waals surface area (Å²) in [6, 6.07) is 12.6. The van der Waals surface area contributed by atoms with Gasteiger partial charge < -0.3 is 14.5 Å². The first-order valence-electron chi connectivity index (χ1n) is 6.30. The van der Waals surface area contributed by atoms with Gasteiger partial charge in [0.15, 0.2) is 0 Å². The van der Waals surface area contributed by atoms with Crippen molar-refractivity contribution in [2.45, 2.75) is 25.9 Å². The van der Waals surface area contributed by atoms with E-state index in [1.54, 1.807) is 0 Å². The molecular formula is C15H17NO2. The molecule has 0 spiro atoms. The number of furan rings is 1. The summed E-state index contributed by atoms with van der Waals surface area (Å²) < 4.78 is 11.3. The largest absolute Gasteiger partial charge is 0.492 e. The Kier molecular flexibility index (Phi) is 3.07. The van der Waals surface area contributed by atoms with Crippen LogP contribution in [0.4, 0.5) is 0 Å². The van der Waals surface area contributed by atoms with Crippen LogP contribution in [0.5, 0.6) is 5.75 Å². The highest BCUT2D eigenvalue weighted by molar-refractivity contribution is 5.35. The zero-order valence-corrected chi connectivity index (χ0v) is 10.5. The second-order valence-electron chi connectivity index (χ2n) is 4.71. The fraction of sp³-hybridized carbons (Fsp3) is 0.333. The summed E-state index contributed by atoms with van der Waals surface area (Å²) in [6.07, 6.45) is 1.01. The minimum absolute atomic E-state index is 0.352. The van der Waals surface area contributed by atoms with Crippen molar-refractivity contribution in [3.8, 4) is 5.75 Å². The number of nitrogens with one attached hydrogen (secondary N) is 1. The van der Waals surface area contributed by atoms with E-state index < -0.39 is 0 Å². The molecule has 1 atom stereocenters. The summed E-state index contributed by atoms with van der Waals surface area (Å²) in [5, 5.41) is 3.47. The second kappa shape index (κ2) is 4.86. The lowest BCUT2D eigenvalue weighted by molar-refractivity contribution is 0.235. The van der Waals surface area contributed by atoms with Crippen molar-refractivity contribution in [1.82, 2.24) is 5.32 Å². The number of hydrogen-bond donors (Lipinski definition) is 1. The van der Waals surface area contributed by atoms with Crippen LogP contribution < -0.4 is 10.1 Å². The number of rotatable bonds is 3. The van der Waals surface area contributed by atoms with E-state index in [9.17, 15) is 0 Å². The summed E-state index contributed by atoms with van der Waals surface area (Å²) in [5.74, 6) is 2.95. The topological polar surface area (TPSA) is 34.4 Å². The molecule has 0 saturated heterocycles. The third-order valence-corrected chi connectivity index (χ3v) is 3.24. The molecule has 1 aliphatic heterocycles. The normalized spacial score (nSPS) is 18.2. The third-order valence-electron chi connectivity index (χ3n) is 3.24. The molecule has 94 valence electrons. The molecule has 3 heteroatoms. The average molecular weight is 243 g/mol. The lowest BCUT2D eigenvalue weighted by Gasteiger charge is -2.25. The van der Waals surface area contributed by atoms with Gasteiger partial charge in [0.2, 0.25) is 0 Å². The van der Waals surface area contributed by atoms with E-state index in [0.717, 1.165) is 36.8 Å².